The summed E-state index contributed by atoms with van der Waals surface area (Å²) >= 11 is 0. The fourth-order valence-corrected chi connectivity index (χ4v) is 2.16. The lowest BCUT2D eigenvalue weighted by Gasteiger charge is -2.28. The molecule has 0 saturated carbocycles. The van der Waals surface area contributed by atoms with E-state index in [-0.39, 0.29) is 11.5 Å². The summed E-state index contributed by atoms with van der Waals surface area (Å²) in [6.45, 7) is 1.04. The van der Waals surface area contributed by atoms with Gasteiger partial charge in [0.15, 0.2) is 0 Å². The minimum Gasteiger partial charge on any atom is -0.381 e. The van der Waals surface area contributed by atoms with Gasteiger partial charge in [0.05, 0.1) is 6.61 Å². The number of nitrogens with two attached hydrogens (primary N) is 1. The van der Waals surface area contributed by atoms with Crippen LogP contribution in [0.1, 0.15) is 24.4 Å². The minimum absolute atomic E-state index is 0.127. The Morgan fingerprint density at radius 2 is 1.88 bits per heavy atom. The zero-order chi connectivity index (χ0) is 12.4. The Morgan fingerprint density at radius 1 is 1.24 bits per heavy atom. The van der Waals surface area contributed by atoms with Crippen molar-refractivity contribution in [3.05, 3.63) is 35.1 Å². The largest absolute Gasteiger partial charge is 0.381 e. The first-order valence-electron chi connectivity index (χ1n) is 5.57. The van der Waals surface area contributed by atoms with Crippen LogP contribution in [0.15, 0.2) is 12.1 Å². The van der Waals surface area contributed by atoms with Crippen LogP contribution in [0.3, 0.4) is 0 Å². The molecule has 2 nitrogen and oxygen atoms in total. The normalized spacial score (nSPS) is 22.5. The highest BCUT2D eigenvalue weighted by atomic mass is 19.1. The molecule has 1 heterocycles. The van der Waals surface area contributed by atoms with Crippen LogP contribution in [0.25, 0.3) is 0 Å². The van der Waals surface area contributed by atoms with E-state index >= 15 is 0 Å². The van der Waals surface area contributed by atoms with E-state index in [0.29, 0.717) is 25.3 Å². The van der Waals surface area contributed by atoms with Crippen molar-refractivity contribution < 1.29 is 17.9 Å². The molecule has 1 aliphatic heterocycles. The maximum absolute atomic E-state index is 13.5. The van der Waals surface area contributed by atoms with E-state index in [1.54, 1.807) is 0 Å². The van der Waals surface area contributed by atoms with E-state index in [2.05, 4.69) is 0 Å². The fourth-order valence-electron chi connectivity index (χ4n) is 2.16. The number of hydrogen-bond acceptors (Lipinski definition) is 2. The summed E-state index contributed by atoms with van der Waals surface area (Å²) in [5.74, 6) is -2.92. The summed E-state index contributed by atoms with van der Waals surface area (Å²) in [6, 6.07) is 0.514. The smallest absolute Gasteiger partial charge is 0.133 e. The molecule has 0 aromatic heterocycles. The highest BCUT2D eigenvalue weighted by Crippen LogP contribution is 2.30. The van der Waals surface area contributed by atoms with Crippen molar-refractivity contribution in [2.45, 2.75) is 18.9 Å². The Balaban J connectivity index is 2.26. The standard InChI is InChI=1S/C12H14F3NO/c13-8-4-9(14)11(10(15)5-8)12(16)7-2-1-3-17-6-7/h4-5,7,12H,1-3,6,16H2. The van der Waals surface area contributed by atoms with Crippen molar-refractivity contribution in [3.63, 3.8) is 0 Å². The molecule has 0 bridgehead atoms. The van der Waals surface area contributed by atoms with Gasteiger partial charge >= 0.3 is 0 Å². The molecule has 2 rings (SSSR count). The van der Waals surface area contributed by atoms with Crippen molar-refractivity contribution >= 4 is 0 Å². The molecular formula is C12H14F3NO. The Kier molecular flexibility index (Phi) is 3.69. The number of benzene rings is 1. The van der Waals surface area contributed by atoms with Gasteiger partial charge in [0.1, 0.15) is 17.5 Å². The topological polar surface area (TPSA) is 35.2 Å². The second-order valence-corrected chi connectivity index (χ2v) is 4.29. The summed E-state index contributed by atoms with van der Waals surface area (Å²) < 4.78 is 45.0. The van der Waals surface area contributed by atoms with E-state index < -0.39 is 23.5 Å². The van der Waals surface area contributed by atoms with Crippen LogP contribution in [0, 0.1) is 23.4 Å². The van der Waals surface area contributed by atoms with Gasteiger partial charge in [-0.25, -0.2) is 13.2 Å². The highest BCUT2D eigenvalue weighted by Gasteiger charge is 2.27. The van der Waals surface area contributed by atoms with Gasteiger partial charge in [0.25, 0.3) is 0 Å². The summed E-state index contributed by atoms with van der Waals surface area (Å²) in [6.07, 6.45) is 1.58. The minimum atomic E-state index is -0.934. The molecule has 0 amide bonds. The van der Waals surface area contributed by atoms with Crippen molar-refractivity contribution in [2.75, 3.05) is 13.2 Å². The lowest BCUT2D eigenvalue weighted by Crippen LogP contribution is -2.30. The third-order valence-electron chi connectivity index (χ3n) is 3.08. The van der Waals surface area contributed by atoms with E-state index in [1.165, 1.54) is 0 Å². The summed E-state index contributed by atoms with van der Waals surface area (Å²) in [5, 5.41) is 0. The van der Waals surface area contributed by atoms with Gasteiger partial charge < -0.3 is 10.5 Å². The number of hydrogen-bond donors (Lipinski definition) is 1. The fraction of sp³-hybridized carbons (Fsp3) is 0.500. The second-order valence-electron chi connectivity index (χ2n) is 4.29. The van der Waals surface area contributed by atoms with Crippen LogP contribution in [0.2, 0.25) is 0 Å². The number of rotatable bonds is 2. The zero-order valence-electron chi connectivity index (χ0n) is 9.26. The van der Waals surface area contributed by atoms with Crippen LogP contribution in [0.4, 0.5) is 13.2 Å². The predicted octanol–water partition coefficient (Wildman–Crippen LogP) is 2.53. The van der Waals surface area contributed by atoms with Crippen LogP contribution >= 0.6 is 0 Å². The van der Waals surface area contributed by atoms with Crippen LogP contribution in [0.5, 0.6) is 0 Å². The molecule has 94 valence electrons. The van der Waals surface area contributed by atoms with Gasteiger partial charge in [-0.2, -0.15) is 0 Å². The molecule has 2 unspecified atom stereocenters. The monoisotopic (exact) mass is 245 g/mol. The lowest BCUT2D eigenvalue weighted by atomic mass is 9.89. The SMILES string of the molecule is NC(c1c(F)cc(F)cc1F)C1CCCOC1. The number of halogens is 3. The van der Waals surface area contributed by atoms with Gasteiger partial charge in [0.2, 0.25) is 0 Å². The average Bonchev–Trinajstić information content (AvgIpc) is 2.28. The quantitative estimate of drug-likeness (QED) is 0.869. The molecule has 5 heteroatoms. The molecule has 2 atom stereocenters. The predicted molar refractivity (Wildman–Crippen MR) is 56.8 cm³/mol. The lowest BCUT2D eigenvalue weighted by molar-refractivity contribution is 0.0438. The van der Waals surface area contributed by atoms with Crippen molar-refractivity contribution in [1.29, 1.82) is 0 Å². The zero-order valence-corrected chi connectivity index (χ0v) is 9.26. The van der Waals surface area contributed by atoms with Gasteiger partial charge in [-0.15, -0.1) is 0 Å². The average molecular weight is 245 g/mol. The second kappa shape index (κ2) is 5.06. The summed E-state index contributed by atoms with van der Waals surface area (Å²) in [7, 11) is 0. The highest BCUT2D eigenvalue weighted by molar-refractivity contribution is 5.24. The van der Waals surface area contributed by atoms with Gasteiger partial charge in [-0.05, 0) is 12.8 Å². The van der Waals surface area contributed by atoms with Crippen molar-refractivity contribution in [3.8, 4) is 0 Å². The van der Waals surface area contributed by atoms with Crippen LogP contribution in [-0.4, -0.2) is 13.2 Å². The first kappa shape index (κ1) is 12.4. The van der Waals surface area contributed by atoms with Gasteiger partial charge in [-0.3, -0.25) is 0 Å². The molecule has 1 aromatic carbocycles. The molecule has 1 aromatic rings. The molecule has 1 fully saturated rings. The Hall–Kier alpha value is -1.07. The molecular weight excluding hydrogens is 231 g/mol. The molecule has 1 aliphatic rings. The third-order valence-corrected chi connectivity index (χ3v) is 3.08. The molecule has 2 N–H and O–H groups in total. The summed E-state index contributed by atoms with van der Waals surface area (Å²) in [5.41, 5.74) is 5.59. The molecule has 0 radical (unpaired) electrons. The van der Waals surface area contributed by atoms with E-state index in [4.69, 9.17) is 10.5 Å². The van der Waals surface area contributed by atoms with Gasteiger partial charge in [0, 0.05) is 36.3 Å². The maximum Gasteiger partial charge on any atom is 0.133 e. The van der Waals surface area contributed by atoms with E-state index in [0.717, 1.165) is 12.8 Å². The first-order chi connectivity index (χ1) is 8.09. The summed E-state index contributed by atoms with van der Waals surface area (Å²) in [4.78, 5) is 0. The Bertz CT molecular complexity index is 382. The third kappa shape index (κ3) is 2.61. The Morgan fingerprint density at radius 3 is 2.41 bits per heavy atom. The van der Waals surface area contributed by atoms with E-state index in [1.807, 2.05) is 0 Å². The van der Waals surface area contributed by atoms with Crippen molar-refractivity contribution in [1.82, 2.24) is 0 Å². The molecule has 0 spiro atoms. The van der Waals surface area contributed by atoms with Crippen LogP contribution in [-0.2, 0) is 4.74 Å². The van der Waals surface area contributed by atoms with Crippen LogP contribution < -0.4 is 5.73 Å². The first-order valence-corrected chi connectivity index (χ1v) is 5.57. The Labute approximate surface area is 97.6 Å². The van der Waals surface area contributed by atoms with Gasteiger partial charge in [-0.1, -0.05) is 0 Å². The number of ether oxygens (including phenoxy) is 1. The van der Waals surface area contributed by atoms with Crippen molar-refractivity contribution in [2.24, 2.45) is 11.7 Å². The van der Waals surface area contributed by atoms with E-state index in [9.17, 15) is 13.2 Å². The molecule has 0 aliphatic carbocycles. The molecule has 1 saturated heterocycles. The molecule has 17 heavy (non-hydrogen) atoms. The maximum atomic E-state index is 13.5.